The van der Waals surface area contributed by atoms with E-state index in [-0.39, 0.29) is 17.0 Å². The summed E-state index contributed by atoms with van der Waals surface area (Å²) in [7, 11) is 1.84. The molecule has 1 N–H and O–H groups in total. The molecule has 1 amide bonds. The average molecular weight is 320 g/mol. The molecule has 1 heterocycles. The molecule has 1 aromatic carbocycles. The molecule has 1 saturated carbocycles. The Balaban J connectivity index is 1.72. The number of rotatable bonds is 5. The summed E-state index contributed by atoms with van der Waals surface area (Å²) >= 11 is 1.37. The fourth-order valence-electron chi connectivity index (χ4n) is 2.03. The minimum absolute atomic E-state index is 0.0267. The summed E-state index contributed by atoms with van der Waals surface area (Å²) in [6.45, 7) is 1.86. The molecule has 0 unspecified atom stereocenters. The molecule has 3 rings (SSSR count). The van der Waals surface area contributed by atoms with E-state index in [1.165, 1.54) is 23.9 Å². The van der Waals surface area contributed by atoms with Crippen LogP contribution in [-0.4, -0.2) is 32.0 Å². The number of carbonyl (C=O) groups is 1. The number of nitrogens with one attached hydrogen (secondary N) is 1. The van der Waals surface area contributed by atoms with Gasteiger partial charge in [-0.05, 0) is 44.0 Å². The van der Waals surface area contributed by atoms with Crippen LogP contribution in [-0.2, 0) is 11.8 Å². The number of halogens is 1. The van der Waals surface area contributed by atoms with Crippen LogP contribution >= 0.6 is 11.8 Å². The van der Waals surface area contributed by atoms with Crippen LogP contribution in [0.2, 0.25) is 0 Å². The highest BCUT2D eigenvalue weighted by atomic mass is 32.2. The topological polar surface area (TPSA) is 59.8 Å². The van der Waals surface area contributed by atoms with Crippen LogP contribution < -0.4 is 5.32 Å². The quantitative estimate of drug-likeness (QED) is 0.859. The minimum Gasteiger partial charge on any atom is -0.352 e. The second-order valence-electron chi connectivity index (χ2n) is 5.42. The third-order valence-corrected chi connectivity index (χ3v) is 4.65. The highest BCUT2D eigenvalue weighted by Gasteiger charge is 2.27. The molecule has 1 aromatic heterocycles. The number of hydrogen-bond acceptors (Lipinski definition) is 4. The molecule has 1 atom stereocenters. The van der Waals surface area contributed by atoms with Gasteiger partial charge in [-0.25, -0.2) is 4.39 Å². The molecule has 1 aliphatic carbocycles. The average Bonchev–Trinajstić information content (AvgIpc) is 3.24. The summed E-state index contributed by atoms with van der Waals surface area (Å²) in [5, 5.41) is 11.7. The molecular weight excluding hydrogens is 303 g/mol. The first-order chi connectivity index (χ1) is 10.5. The van der Waals surface area contributed by atoms with E-state index in [2.05, 4.69) is 15.5 Å². The van der Waals surface area contributed by atoms with Crippen molar-refractivity contribution < 1.29 is 9.18 Å². The number of benzene rings is 1. The second kappa shape index (κ2) is 6.08. The summed E-state index contributed by atoms with van der Waals surface area (Å²) in [5.41, 5.74) is 0.790. The van der Waals surface area contributed by atoms with Gasteiger partial charge in [-0.2, -0.15) is 0 Å². The zero-order valence-corrected chi connectivity index (χ0v) is 13.2. The fourth-order valence-corrected chi connectivity index (χ4v) is 2.85. The van der Waals surface area contributed by atoms with Crippen molar-refractivity contribution in [1.29, 1.82) is 0 Å². The van der Waals surface area contributed by atoms with Crippen molar-refractivity contribution in [2.45, 2.75) is 36.2 Å². The summed E-state index contributed by atoms with van der Waals surface area (Å²) in [5.74, 6) is 0.391. The maximum Gasteiger partial charge on any atom is 0.233 e. The lowest BCUT2D eigenvalue weighted by Crippen LogP contribution is -2.32. The monoisotopic (exact) mass is 320 g/mol. The van der Waals surface area contributed by atoms with E-state index >= 15 is 0 Å². The first-order valence-electron chi connectivity index (χ1n) is 7.17. The van der Waals surface area contributed by atoms with Crippen molar-refractivity contribution in [3.05, 3.63) is 30.1 Å². The fraction of sp³-hybridized carbons (Fsp3) is 0.400. The molecule has 1 fully saturated rings. The molecule has 0 spiro atoms. The Kier molecular flexibility index (Phi) is 4.15. The van der Waals surface area contributed by atoms with Gasteiger partial charge in [0.05, 0.1) is 5.25 Å². The van der Waals surface area contributed by atoms with E-state index in [1.807, 2.05) is 18.5 Å². The molecule has 0 saturated heterocycles. The number of nitrogens with zero attached hydrogens (tertiary/aromatic N) is 3. The largest absolute Gasteiger partial charge is 0.352 e. The predicted octanol–water partition coefficient (Wildman–Crippen LogP) is 2.38. The zero-order valence-electron chi connectivity index (χ0n) is 12.4. The maximum absolute atomic E-state index is 13.0. The van der Waals surface area contributed by atoms with Gasteiger partial charge in [-0.1, -0.05) is 11.8 Å². The molecule has 5 nitrogen and oxygen atoms in total. The SMILES string of the molecule is C[C@@H](Sc1nnc(-c2ccc(F)cc2)n1C)C(=O)NC1CC1. The molecule has 0 bridgehead atoms. The van der Waals surface area contributed by atoms with E-state index in [1.54, 1.807) is 12.1 Å². The smallest absolute Gasteiger partial charge is 0.233 e. The van der Waals surface area contributed by atoms with E-state index < -0.39 is 0 Å². The Morgan fingerprint density at radius 1 is 1.36 bits per heavy atom. The van der Waals surface area contributed by atoms with Crippen molar-refractivity contribution in [1.82, 2.24) is 20.1 Å². The molecule has 0 aliphatic heterocycles. The third-order valence-electron chi connectivity index (χ3n) is 3.51. The molecule has 0 radical (unpaired) electrons. The zero-order chi connectivity index (χ0) is 15.7. The van der Waals surface area contributed by atoms with Gasteiger partial charge in [-0.3, -0.25) is 4.79 Å². The van der Waals surface area contributed by atoms with Crippen LogP contribution in [0.25, 0.3) is 11.4 Å². The van der Waals surface area contributed by atoms with Crippen molar-refractivity contribution >= 4 is 17.7 Å². The number of hydrogen-bond donors (Lipinski definition) is 1. The number of aromatic nitrogens is 3. The number of thioether (sulfide) groups is 1. The summed E-state index contributed by atoms with van der Waals surface area (Å²) < 4.78 is 14.8. The molecular formula is C15H17FN4OS. The minimum atomic E-state index is -0.286. The number of amides is 1. The van der Waals surface area contributed by atoms with Crippen LogP contribution in [0.1, 0.15) is 19.8 Å². The first-order valence-corrected chi connectivity index (χ1v) is 8.05. The highest BCUT2D eigenvalue weighted by Crippen LogP contribution is 2.27. The van der Waals surface area contributed by atoms with Gasteiger partial charge in [-0.15, -0.1) is 10.2 Å². The van der Waals surface area contributed by atoms with Crippen LogP contribution in [0.3, 0.4) is 0 Å². The van der Waals surface area contributed by atoms with Crippen LogP contribution in [0, 0.1) is 5.82 Å². The van der Waals surface area contributed by atoms with Crippen LogP contribution in [0.4, 0.5) is 4.39 Å². The van der Waals surface area contributed by atoms with Gasteiger partial charge in [0.2, 0.25) is 5.91 Å². The van der Waals surface area contributed by atoms with Gasteiger partial charge < -0.3 is 9.88 Å². The van der Waals surface area contributed by atoms with E-state index in [0.717, 1.165) is 18.4 Å². The third kappa shape index (κ3) is 3.30. The normalized spacial score (nSPS) is 15.6. The van der Waals surface area contributed by atoms with E-state index in [0.29, 0.717) is 17.0 Å². The second-order valence-corrected chi connectivity index (χ2v) is 6.72. The standard InChI is InChI=1S/C15H17FN4OS/c1-9(14(21)17-12-7-8-12)22-15-19-18-13(20(15)2)10-3-5-11(16)6-4-10/h3-6,9,12H,7-8H2,1-2H3,(H,17,21)/t9-/m1/s1. The summed E-state index contributed by atoms with van der Waals surface area (Å²) in [6.07, 6.45) is 2.14. The lowest BCUT2D eigenvalue weighted by Gasteiger charge is -2.11. The van der Waals surface area contributed by atoms with Crippen molar-refractivity contribution in [2.75, 3.05) is 0 Å². The predicted molar refractivity (Wildman–Crippen MR) is 82.9 cm³/mol. The Morgan fingerprint density at radius 3 is 2.68 bits per heavy atom. The van der Waals surface area contributed by atoms with E-state index in [4.69, 9.17) is 0 Å². The van der Waals surface area contributed by atoms with Gasteiger partial charge in [0, 0.05) is 18.7 Å². The maximum atomic E-state index is 13.0. The first kappa shape index (κ1) is 15.0. The van der Waals surface area contributed by atoms with Crippen molar-refractivity contribution in [3.8, 4) is 11.4 Å². The lowest BCUT2D eigenvalue weighted by molar-refractivity contribution is -0.120. The Labute approximate surface area is 132 Å². The van der Waals surface area contributed by atoms with Crippen LogP contribution in [0.15, 0.2) is 29.4 Å². The molecule has 1 aliphatic rings. The van der Waals surface area contributed by atoms with Crippen molar-refractivity contribution in [2.24, 2.45) is 7.05 Å². The van der Waals surface area contributed by atoms with E-state index in [9.17, 15) is 9.18 Å². The van der Waals surface area contributed by atoms with Gasteiger partial charge in [0.15, 0.2) is 11.0 Å². The van der Waals surface area contributed by atoms with Crippen molar-refractivity contribution in [3.63, 3.8) is 0 Å². The Bertz CT molecular complexity index is 681. The summed E-state index contributed by atoms with van der Waals surface area (Å²) in [4.78, 5) is 12.0. The molecule has 22 heavy (non-hydrogen) atoms. The Hall–Kier alpha value is -1.89. The number of carbonyl (C=O) groups excluding carboxylic acids is 1. The lowest BCUT2D eigenvalue weighted by atomic mass is 10.2. The highest BCUT2D eigenvalue weighted by molar-refractivity contribution is 8.00. The summed E-state index contributed by atoms with van der Waals surface area (Å²) in [6, 6.07) is 6.46. The van der Waals surface area contributed by atoms with Gasteiger partial charge in [0.25, 0.3) is 0 Å². The van der Waals surface area contributed by atoms with Crippen LogP contribution in [0.5, 0.6) is 0 Å². The molecule has 2 aromatic rings. The van der Waals surface area contributed by atoms with Gasteiger partial charge in [0.1, 0.15) is 5.82 Å². The molecule has 116 valence electrons. The van der Waals surface area contributed by atoms with Gasteiger partial charge >= 0.3 is 0 Å². The molecule has 7 heteroatoms. The Morgan fingerprint density at radius 2 is 2.05 bits per heavy atom.